The number of hydrogen-bond acceptors (Lipinski definition) is 3. The summed E-state index contributed by atoms with van der Waals surface area (Å²) < 4.78 is 0. The molecule has 0 saturated carbocycles. The second-order valence-electron chi connectivity index (χ2n) is 4.81. The van der Waals surface area contributed by atoms with Crippen molar-refractivity contribution in [2.75, 3.05) is 13.6 Å². The molecule has 0 bridgehead atoms. The van der Waals surface area contributed by atoms with Crippen LogP contribution in [0.25, 0.3) is 0 Å². The summed E-state index contributed by atoms with van der Waals surface area (Å²) in [5.41, 5.74) is 6.32. The molecule has 0 fully saturated rings. The Morgan fingerprint density at radius 2 is 1.70 bits per heavy atom. The Kier molecular flexibility index (Phi) is 5.70. The van der Waals surface area contributed by atoms with E-state index in [0.717, 1.165) is 12.8 Å². The van der Waals surface area contributed by atoms with Crippen LogP contribution in [0.2, 0.25) is 0 Å². The molecule has 0 aromatic heterocycles. The van der Waals surface area contributed by atoms with Crippen LogP contribution in [0.4, 0.5) is 0 Å². The highest BCUT2D eigenvalue weighted by atomic mass is 16.2. The summed E-state index contributed by atoms with van der Waals surface area (Å²) in [6.45, 7) is 4.38. The van der Waals surface area contributed by atoms with Gasteiger partial charge >= 0.3 is 0 Å². The van der Waals surface area contributed by atoms with Crippen LogP contribution in [0.5, 0.6) is 0 Å². The molecule has 20 heavy (non-hydrogen) atoms. The molecule has 0 saturated heterocycles. The van der Waals surface area contributed by atoms with Crippen molar-refractivity contribution < 1.29 is 9.59 Å². The fourth-order valence-corrected chi connectivity index (χ4v) is 2.03. The zero-order valence-electron chi connectivity index (χ0n) is 12.3. The first-order valence-electron chi connectivity index (χ1n) is 6.86. The largest absolute Gasteiger partial charge is 0.355 e. The van der Waals surface area contributed by atoms with E-state index in [4.69, 9.17) is 5.73 Å². The Morgan fingerprint density at radius 3 is 2.15 bits per heavy atom. The Balaban J connectivity index is 2.95. The first kappa shape index (κ1) is 16.2. The van der Waals surface area contributed by atoms with Gasteiger partial charge in [-0.15, -0.1) is 0 Å². The van der Waals surface area contributed by atoms with Crippen molar-refractivity contribution in [2.24, 2.45) is 5.73 Å². The summed E-state index contributed by atoms with van der Waals surface area (Å²) in [6, 6.07) is 6.64. The number of rotatable bonds is 6. The average Bonchev–Trinajstić information content (AvgIpc) is 2.52. The molecule has 1 aromatic carbocycles. The topological polar surface area (TPSA) is 84.2 Å². The van der Waals surface area contributed by atoms with Crippen LogP contribution in [-0.2, 0) is 0 Å². The summed E-state index contributed by atoms with van der Waals surface area (Å²) in [5, 5.41) is 5.52. The zero-order valence-corrected chi connectivity index (χ0v) is 12.3. The van der Waals surface area contributed by atoms with Gasteiger partial charge in [-0.25, -0.2) is 0 Å². The molecule has 4 N–H and O–H groups in total. The van der Waals surface area contributed by atoms with Crippen molar-refractivity contribution in [3.63, 3.8) is 0 Å². The Bertz CT molecular complexity index is 473. The van der Waals surface area contributed by atoms with Crippen LogP contribution in [0.15, 0.2) is 24.3 Å². The molecule has 0 atom stereocenters. The molecule has 1 aromatic rings. The second kappa shape index (κ2) is 7.05. The molecule has 0 unspecified atom stereocenters. The van der Waals surface area contributed by atoms with Crippen molar-refractivity contribution in [1.82, 2.24) is 10.6 Å². The van der Waals surface area contributed by atoms with Gasteiger partial charge in [-0.3, -0.25) is 9.59 Å². The summed E-state index contributed by atoms with van der Waals surface area (Å²) in [7, 11) is 1.56. The predicted octanol–water partition coefficient (Wildman–Crippen LogP) is 1.29. The molecule has 2 amide bonds. The van der Waals surface area contributed by atoms with Crippen molar-refractivity contribution in [3.8, 4) is 0 Å². The van der Waals surface area contributed by atoms with E-state index in [0.29, 0.717) is 17.7 Å². The molecule has 5 heteroatoms. The maximum Gasteiger partial charge on any atom is 0.251 e. The number of carbonyl (C=O) groups is 2. The monoisotopic (exact) mass is 277 g/mol. The van der Waals surface area contributed by atoms with Gasteiger partial charge in [-0.2, -0.15) is 0 Å². The third-order valence-electron chi connectivity index (χ3n) is 3.74. The lowest BCUT2D eigenvalue weighted by Gasteiger charge is -2.31. The molecule has 0 aliphatic rings. The third kappa shape index (κ3) is 3.57. The Hall–Kier alpha value is -1.88. The SMILES string of the molecule is CCC(CC)(CN)NC(=O)c1cccc(C(=O)NC)c1. The number of amides is 2. The second-order valence-corrected chi connectivity index (χ2v) is 4.81. The fourth-order valence-electron chi connectivity index (χ4n) is 2.03. The minimum absolute atomic E-state index is 0.204. The molecule has 0 radical (unpaired) electrons. The Morgan fingerprint density at radius 1 is 1.15 bits per heavy atom. The maximum absolute atomic E-state index is 12.3. The smallest absolute Gasteiger partial charge is 0.251 e. The lowest BCUT2D eigenvalue weighted by Crippen LogP contribution is -2.52. The van der Waals surface area contributed by atoms with E-state index in [9.17, 15) is 9.59 Å². The van der Waals surface area contributed by atoms with E-state index in [-0.39, 0.29) is 17.4 Å². The van der Waals surface area contributed by atoms with E-state index < -0.39 is 0 Å². The van der Waals surface area contributed by atoms with E-state index in [1.165, 1.54) is 0 Å². The van der Waals surface area contributed by atoms with Gasteiger partial charge in [-0.05, 0) is 31.0 Å². The first-order valence-corrected chi connectivity index (χ1v) is 6.86. The molecule has 0 aliphatic carbocycles. The number of nitrogens with one attached hydrogen (secondary N) is 2. The molecule has 110 valence electrons. The minimum atomic E-state index is -0.389. The van der Waals surface area contributed by atoms with Crippen molar-refractivity contribution in [3.05, 3.63) is 35.4 Å². The molecule has 0 spiro atoms. The summed E-state index contributed by atoms with van der Waals surface area (Å²) in [5.74, 6) is -0.416. The van der Waals surface area contributed by atoms with Gasteiger partial charge in [0.2, 0.25) is 0 Å². The molecular weight excluding hydrogens is 254 g/mol. The van der Waals surface area contributed by atoms with Gasteiger partial charge in [0.05, 0.1) is 5.54 Å². The zero-order chi connectivity index (χ0) is 15.2. The van der Waals surface area contributed by atoms with Gasteiger partial charge in [-0.1, -0.05) is 19.9 Å². The quantitative estimate of drug-likeness (QED) is 0.732. The summed E-state index contributed by atoms with van der Waals surface area (Å²) >= 11 is 0. The highest BCUT2D eigenvalue weighted by Crippen LogP contribution is 2.15. The van der Waals surface area contributed by atoms with Crippen LogP contribution in [0.1, 0.15) is 47.4 Å². The average molecular weight is 277 g/mol. The lowest BCUT2D eigenvalue weighted by molar-refractivity contribution is 0.0895. The van der Waals surface area contributed by atoms with Crippen LogP contribution in [0, 0.1) is 0 Å². The highest BCUT2D eigenvalue weighted by molar-refractivity contribution is 5.99. The van der Waals surface area contributed by atoms with Gasteiger partial charge in [0.1, 0.15) is 0 Å². The standard InChI is InChI=1S/C15H23N3O2/c1-4-15(5-2,10-16)18-14(20)12-8-6-7-11(9-12)13(19)17-3/h6-9H,4-5,10,16H2,1-3H3,(H,17,19)(H,18,20). The maximum atomic E-state index is 12.3. The van der Waals surface area contributed by atoms with Gasteiger partial charge < -0.3 is 16.4 Å². The lowest BCUT2D eigenvalue weighted by atomic mass is 9.92. The number of benzene rings is 1. The normalized spacial score (nSPS) is 11.0. The van der Waals surface area contributed by atoms with Gasteiger partial charge in [0, 0.05) is 24.7 Å². The number of hydrogen-bond donors (Lipinski definition) is 3. The van der Waals surface area contributed by atoms with E-state index in [2.05, 4.69) is 10.6 Å². The molecule has 0 heterocycles. The summed E-state index contributed by atoms with van der Waals surface area (Å²) in [4.78, 5) is 23.9. The molecule has 1 rings (SSSR count). The first-order chi connectivity index (χ1) is 9.51. The fraction of sp³-hybridized carbons (Fsp3) is 0.467. The van der Waals surface area contributed by atoms with Crippen LogP contribution < -0.4 is 16.4 Å². The van der Waals surface area contributed by atoms with Crippen molar-refractivity contribution in [1.29, 1.82) is 0 Å². The highest BCUT2D eigenvalue weighted by Gasteiger charge is 2.26. The number of nitrogens with two attached hydrogens (primary N) is 1. The van der Waals surface area contributed by atoms with Crippen LogP contribution >= 0.6 is 0 Å². The van der Waals surface area contributed by atoms with Crippen LogP contribution in [0.3, 0.4) is 0 Å². The number of carbonyl (C=O) groups excluding carboxylic acids is 2. The molecular formula is C15H23N3O2. The molecule has 5 nitrogen and oxygen atoms in total. The summed E-state index contributed by atoms with van der Waals surface area (Å²) in [6.07, 6.45) is 1.53. The Labute approximate surface area is 119 Å². The van der Waals surface area contributed by atoms with Crippen molar-refractivity contribution >= 4 is 11.8 Å². The van der Waals surface area contributed by atoms with Crippen molar-refractivity contribution in [2.45, 2.75) is 32.2 Å². The van der Waals surface area contributed by atoms with Crippen LogP contribution in [-0.4, -0.2) is 30.9 Å². The molecule has 0 aliphatic heterocycles. The predicted molar refractivity (Wildman–Crippen MR) is 79.7 cm³/mol. The van der Waals surface area contributed by atoms with Gasteiger partial charge in [0.15, 0.2) is 0 Å². The minimum Gasteiger partial charge on any atom is -0.355 e. The third-order valence-corrected chi connectivity index (χ3v) is 3.74. The van der Waals surface area contributed by atoms with E-state index in [1.54, 1.807) is 31.3 Å². The van der Waals surface area contributed by atoms with E-state index in [1.807, 2.05) is 13.8 Å². The van der Waals surface area contributed by atoms with Gasteiger partial charge in [0.25, 0.3) is 11.8 Å². The van der Waals surface area contributed by atoms with E-state index >= 15 is 0 Å².